The Bertz CT molecular complexity index is 597. The molecule has 2 aromatic rings. The third kappa shape index (κ3) is 4.76. The number of phenolic OH excluding ortho intramolecular Hbond substituents is 1. The SMILES string of the molecule is Cc1ccc(OCc2cccc(O)c2)c(CNC(C)C)n1. The van der Waals surface area contributed by atoms with Crippen LogP contribution in [0.1, 0.15) is 30.8 Å². The van der Waals surface area contributed by atoms with Crippen LogP contribution in [0.15, 0.2) is 36.4 Å². The minimum absolute atomic E-state index is 0.250. The van der Waals surface area contributed by atoms with Gasteiger partial charge in [-0.1, -0.05) is 26.0 Å². The molecular weight excluding hydrogens is 264 g/mol. The molecule has 0 aliphatic heterocycles. The molecule has 1 aromatic heterocycles. The van der Waals surface area contributed by atoms with Crippen molar-refractivity contribution in [3.63, 3.8) is 0 Å². The third-order valence-electron chi connectivity index (χ3n) is 3.05. The van der Waals surface area contributed by atoms with E-state index in [9.17, 15) is 5.11 Å². The molecule has 0 spiro atoms. The van der Waals surface area contributed by atoms with Crippen LogP contribution in [0, 0.1) is 6.92 Å². The predicted octanol–water partition coefficient (Wildman–Crippen LogP) is 3.17. The molecule has 0 atom stereocenters. The summed E-state index contributed by atoms with van der Waals surface area (Å²) in [5.41, 5.74) is 2.81. The fourth-order valence-electron chi connectivity index (χ4n) is 1.96. The standard InChI is InChI=1S/C17H22N2O2/c1-12(2)18-10-16-17(8-7-13(3)19-16)21-11-14-5-4-6-15(20)9-14/h4-9,12,18,20H,10-11H2,1-3H3. The summed E-state index contributed by atoms with van der Waals surface area (Å²) in [6.45, 7) is 7.26. The fourth-order valence-corrected chi connectivity index (χ4v) is 1.96. The molecule has 0 radical (unpaired) electrons. The molecule has 0 saturated carbocycles. The number of rotatable bonds is 6. The number of phenols is 1. The number of benzene rings is 1. The molecule has 2 N–H and O–H groups in total. The number of pyridine rings is 1. The van der Waals surface area contributed by atoms with Gasteiger partial charge in [0.05, 0.1) is 5.69 Å². The Morgan fingerprint density at radius 1 is 1.24 bits per heavy atom. The van der Waals surface area contributed by atoms with E-state index in [1.807, 2.05) is 31.2 Å². The number of aromatic nitrogens is 1. The first-order valence-corrected chi connectivity index (χ1v) is 7.15. The van der Waals surface area contributed by atoms with Crippen LogP contribution in [0.4, 0.5) is 0 Å². The maximum Gasteiger partial charge on any atom is 0.142 e. The zero-order valence-electron chi connectivity index (χ0n) is 12.8. The van der Waals surface area contributed by atoms with Gasteiger partial charge in [0, 0.05) is 18.3 Å². The molecule has 0 saturated heterocycles. The van der Waals surface area contributed by atoms with Gasteiger partial charge in [0.2, 0.25) is 0 Å². The van der Waals surface area contributed by atoms with E-state index in [0.29, 0.717) is 19.2 Å². The van der Waals surface area contributed by atoms with Crippen molar-refractivity contribution in [3.05, 3.63) is 53.3 Å². The molecule has 0 bridgehead atoms. The Kier molecular flexibility index (Phi) is 5.17. The largest absolute Gasteiger partial charge is 0.508 e. The van der Waals surface area contributed by atoms with Gasteiger partial charge in [-0.25, -0.2) is 0 Å². The van der Waals surface area contributed by atoms with Crippen LogP contribution >= 0.6 is 0 Å². The molecule has 4 nitrogen and oxygen atoms in total. The topological polar surface area (TPSA) is 54.4 Å². The molecule has 0 aliphatic carbocycles. The van der Waals surface area contributed by atoms with Crippen LogP contribution in [0.3, 0.4) is 0 Å². The van der Waals surface area contributed by atoms with Crippen molar-refractivity contribution in [2.75, 3.05) is 0 Å². The van der Waals surface area contributed by atoms with Crippen molar-refractivity contribution in [3.8, 4) is 11.5 Å². The first kappa shape index (κ1) is 15.3. The van der Waals surface area contributed by atoms with Crippen LogP contribution in [0.5, 0.6) is 11.5 Å². The Hall–Kier alpha value is -2.07. The van der Waals surface area contributed by atoms with Crippen molar-refractivity contribution in [1.29, 1.82) is 0 Å². The van der Waals surface area contributed by atoms with Gasteiger partial charge >= 0.3 is 0 Å². The van der Waals surface area contributed by atoms with Gasteiger partial charge < -0.3 is 15.2 Å². The van der Waals surface area contributed by atoms with Gasteiger partial charge in [0.15, 0.2) is 0 Å². The maximum atomic E-state index is 9.47. The van der Waals surface area contributed by atoms with Gasteiger partial charge in [-0.05, 0) is 36.8 Å². The van der Waals surface area contributed by atoms with Crippen LogP contribution in [-0.4, -0.2) is 16.1 Å². The van der Waals surface area contributed by atoms with Gasteiger partial charge in [-0.3, -0.25) is 4.98 Å². The van der Waals surface area contributed by atoms with E-state index in [-0.39, 0.29) is 5.75 Å². The molecule has 0 aliphatic rings. The second-order valence-electron chi connectivity index (χ2n) is 5.39. The van der Waals surface area contributed by atoms with E-state index in [0.717, 1.165) is 22.7 Å². The highest BCUT2D eigenvalue weighted by molar-refractivity contribution is 5.31. The van der Waals surface area contributed by atoms with E-state index in [2.05, 4.69) is 24.1 Å². The predicted molar refractivity (Wildman–Crippen MR) is 83.4 cm³/mol. The number of nitrogens with zero attached hydrogens (tertiary/aromatic N) is 1. The summed E-state index contributed by atoms with van der Waals surface area (Å²) in [5, 5.41) is 12.8. The van der Waals surface area contributed by atoms with Crippen molar-refractivity contribution >= 4 is 0 Å². The highest BCUT2D eigenvalue weighted by Crippen LogP contribution is 2.19. The smallest absolute Gasteiger partial charge is 0.142 e. The number of aryl methyl sites for hydroxylation is 1. The molecular formula is C17H22N2O2. The molecule has 21 heavy (non-hydrogen) atoms. The molecule has 112 valence electrons. The number of hydrogen-bond acceptors (Lipinski definition) is 4. The summed E-state index contributed by atoms with van der Waals surface area (Å²) in [6.07, 6.45) is 0. The Morgan fingerprint density at radius 2 is 2.05 bits per heavy atom. The lowest BCUT2D eigenvalue weighted by Crippen LogP contribution is -2.23. The van der Waals surface area contributed by atoms with Gasteiger partial charge in [0.1, 0.15) is 18.1 Å². The quantitative estimate of drug-likeness (QED) is 0.856. The van der Waals surface area contributed by atoms with Crippen LogP contribution in [0.2, 0.25) is 0 Å². The maximum absolute atomic E-state index is 9.47. The van der Waals surface area contributed by atoms with E-state index in [4.69, 9.17) is 4.74 Å². The highest BCUT2D eigenvalue weighted by Gasteiger charge is 2.07. The van der Waals surface area contributed by atoms with Crippen molar-refractivity contribution < 1.29 is 9.84 Å². The zero-order valence-corrected chi connectivity index (χ0v) is 12.8. The van der Waals surface area contributed by atoms with E-state index >= 15 is 0 Å². The lowest BCUT2D eigenvalue weighted by molar-refractivity contribution is 0.299. The number of ether oxygens (including phenoxy) is 1. The Balaban J connectivity index is 2.08. The minimum atomic E-state index is 0.250. The zero-order chi connectivity index (χ0) is 15.2. The van der Waals surface area contributed by atoms with Gasteiger partial charge in [0.25, 0.3) is 0 Å². The van der Waals surface area contributed by atoms with E-state index in [1.165, 1.54) is 0 Å². The number of hydrogen-bond donors (Lipinski definition) is 2. The molecule has 0 unspecified atom stereocenters. The summed E-state index contributed by atoms with van der Waals surface area (Å²) >= 11 is 0. The first-order chi connectivity index (χ1) is 10.0. The van der Waals surface area contributed by atoms with Crippen LogP contribution in [0.25, 0.3) is 0 Å². The van der Waals surface area contributed by atoms with Crippen LogP contribution in [-0.2, 0) is 13.2 Å². The molecule has 0 fully saturated rings. The summed E-state index contributed by atoms with van der Waals surface area (Å²) in [6, 6.07) is 11.4. The molecule has 1 aromatic carbocycles. The van der Waals surface area contributed by atoms with Gasteiger partial charge in [-0.2, -0.15) is 0 Å². The van der Waals surface area contributed by atoms with Crippen molar-refractivity contribution in [2.24, 2.45) is 0 Å². The average Bonchev–Trinajstić information content (AvgIpc) is 2.44. The summed E-state index contributed by atoms with van der Waals surface area (Å²) in [4.78, 5) is 4.54. The average molecular weight is 286 g/mol. The number of aromatic hydroxyl groups is 1. The molecule has 4 heteroatoms. The van der Waals surface area contributed by atoms with Crippen LogP contribution < -0.4 is 10.1 Å². The molecule has 0 amide bonds. The normalized spacial score (nSPS) is 10.9. The van der Waals surface area contributed by atoms with Gasteiger partial charge in [-0.15, -0.1) is 0 Å². The lowest BCUT2D eigenvalue weighted by Gasteiger charge is -2.14. The molecule has 1 heterocycles. The third-order valence-corrected chi connectivity index (χ3v) is 3.05. The Labute approximate surface area is 125 Å². The van der Waals surface area contributed by atoms with Crippen molar-refractivity contribution in [2.45, 2.75) is 40.0 Å². The summed E-state index contributed by atoms with van der Waals surface area (Å²) < 4.78 is 5.85. The Morgan fingerprint density at radius 3 is 2.76 bits per heavy atom. The second-order valence-corrected chi connectivity index (χ2v) is 5.39. The fraction of sp³-hybridized carbons (Fsp3) is 0.353. The summed E-state index contributed by atoms with van der Waals surface area (Å²) in [7, 11) is 0. The van der Waals surface area contributed by atoms with E-state index in [1.54, 1.807) is 12.1 Å². The highest BCUT2D eigenvalue weighted by atomic mass is 16.5. The minimum Gasteiger partial charge on any atom is -0.508 e. The second kappa shape index (κ2) is 7.09. The summed E-state index contributed by atoms with van der Waals surface area (Å²) in [5.74, 6) is 1.02. The van der Waals surface area contributed by atoms with E-state index < -0.39 is 0 Å². The monoisotopic (exact) mass is 286 g/mol. The first-order valence-electron chi connectivity index (χ1n) is 7.15. The molecule has 2 rings (SSSR count). The number of nitrogens with one attached hydrogen (secondary N) is 1. The lowest BCUT2D eigenvalue weighted by atomic mass is 10.2. The van der Waals surface area contributed by atoms with Crippen molar-refractivity contribution in [1.82, 2.24) is 10.3 Å².